The van der Waals surface area contributed by atoms with E-state index in [1.165, 1.54) is 37.3 Å². The first kappa shape index (κ1) is 14.5. The third-order valence-electron chi connectivity index (χ3n) is 3.01. The van der Waals surface area contributed by atoms with Gasteiger partial charge in [0.2, 0.25) is 0 Å². The molecule has 104 valence electrons. The fraction of sp³-hybridized carbons (Fsp3) is 0.125. The first-order valence-electron chi connectivity index (χ1n) is 6.19. The van der Waals surface area contributed by atoms with Crippen molar-refractivity contribution in [2.75, 3.05) is 0 Å². The highest BCUT2D eigenvalue weighted by Gasteiger charge is 2.23. The van der Waals surface area contributed by atoms with Gasteiger partial charge in [-0.1, -0.05) is 24.3 Å². The molecule has 0 radical (unpaired) electrons. The van der Waals surface area contributed by atoms with Gasteiger partial charge >= 0.3 is 0 Å². The van der Waals surface area contributed by atoms with E-state index in [-0.39, 0.29) is 11.5 Å². The number of pyridine rings is 1. The molecule has 5 heteroatoms. The summed E-state index contributed by atoms with van der Waals surface area (Å²) in [7, 11) is 0. The first-order chi connectivity index (χ1) is 10.0. The molecule has 0 saturated heterocycles. The maximum atomic E-state index is 12.8. The molecule has 4 nitrogen and oxygen atoms in total. The van der Waals surface area contributed by atoms with E-state index < -0.39 is 17.5 Å². The predicted molar refractivity (Wildman–Crippen MR) is 73.3 cm³/mol. The Labute approximate surface area is 120 Å². The van der Waals surface area contributed by atoms with Gasteiger partial charge in [-0.15, -0.1) is 0 Å². The highest BCUT2D eigenvalue weighted by molar-refractivity contribution is 6.03. The number of Topliss-reactive ketones (excluding diaryl/α,β-unsaturated/α-hetero) is 2. The normalized spacial score (nSPS) is 11.5. The second-order valence-corrected chi connectivity index (χ2v) is 4.46. The van der Waals surface area contributed by atoms with Crippen molar-refractivity contribution in [2.45, 2.75) is 12.8 Å². The molecule has 0 bridgehead atoms. The highest BCUT2D eigenvalue weighted by Crippen LogP contribution is 2.19. The summed E-state index contributed by atoms with van der Waals surface area (Å²) in [6.45, 7) is 1.43. The molecule has 0 aliphatic rings. The number of ketones is 2. The molecule has 0 aliphatic carbocycles. The average molecular weight is 282 g/mol. The molecular formula is C16H11FN2O2. The zero-order valence-corrected chi connectivity index (χ0v) is 11.2. The van der Waals surface area contributed by atoms with E-state index in [0.29, 0.717) is 11.1 Å². The van der Waals surface area contributed by atoms with E-state index in [4.69, 9.17) is 5.26 Å². The van der Waals surface area contributed by atoms with E-state index in [1.807, 2.05) is 6.07 Å². The summed E-state index contributed by atoms with van der Waals surface area (Å²) in [5.41, 5.74) is 0.984. The molecule has 0 aliphatic heterocycles. The molecule has 1 aromatic carbocycles. The molecule has 0 fully saturated rings. The SMILES string of the molecule is CC(=O)c1ccc(C(=O)C(C#N)c2ccc(F)cn2)cc1. The van der Waals surface area contributed by atoms with Crippen molar-refractivity contribution < 1.29 is 14.0 Å². The van der Waals surface area contributed by atoms with Crippen LogP contribution in [0.1, 0.15) is 39.3 Å². The summed E-state index contributed by atoms with van der Waals surface area (Å²) in [5, 5.41) is 9.16. The second kappa shape index (κ2) is 6.06. The summed E-state index contributed by atoms with van der Waals surface area (Å²) >= 11 is 0. The van der Waals surface area contributed by atoms with Crippen molar-refractivity contribution in [1.29, 1.82) is 5.26 Å². The van der Waals surface area contributed by atoms with E-state index in [1.54, 1.807) is 0 Å². The maximum Gasteiger partial charge on any atom is 0.186 e. The highest BCUT2D eigenvalue weighted by atomic mass is 19.1. The lowest BCUT2D eigenvalue weighted by atomic mass is 9.94. The third-order valence-corrected chi connectivity index (χ3v) is 3.01. The fourth-order valence-electron chi connectivity index (χ4n) is 1.85. The number of benzene rings is 1. The van der Waals surface area contributed by atoms with Crippen LogP contribution < -0.4 is 0 Å². The Morgan fingerprint density at radius 3 is 2.24 bits per heavy atom. The maximum absolute atomic E-state index is 12.8. The Bertz CT molecular complexity index is 715. The van der Waals surface area contributed by atoms with Gasteiger partial charge in [-0.2, -0.15) is 5.26 Å². The van der Waals surface area contributed by atoms with Gasteiger partial charge in [0.15, 0.2) is 17.5 Å². The van der Waals surface area contributed by atoms with Crippen molar-refractivity contribution in [2.24, 2.45) is 0 Å². The Morgan fingerprint density at radius 2 is 1.76 bits per heavy atom. The van der Waals surface area contributed by atoms with Gasteiger partial charge in [-0.3, -0.25) is 14.6 Å². The van der Waals surface area contributed by atoms with Crippen molar-refractivity contribution >= 4 is 11.6 Å². The fourth-order valence-corrected chi connectivity index (χ4v) is 1.85. The number of carbonyl (C=O) groups is 2. The first-order valence-corrected chi connectivity index (χ1v) is 6.19. The van der Waals surface area contributed by atoms with E-state index in [9.17, 15) is 14.0 Å². The largest absolute Gasteiger partial charge is 0.295 e. The molecular weight excluding hydrogens is 271 g/mol. The number of halogens is 1. The lowest BCUT2D eigenvalue weighted by molar-refractivity contribution is 0.0974. The molecule has 21 heavy (non-hydrogen) atoms. The number of aromatic nitrogens is 1. The van der Waals surface area contributed by atoms with E-state index >= 15 is 0 Å². The van der Waals surface area contributed by atoms with E-state index in [0.717, 1.165) is 12.3 Å². The predicted octanol–water partition coefficient (Wildman–Crippen LogP) is 2.91. The average Bonchev–Trinajstić information content (AvgIpc) is 2.50. The van der Waals surface area contributed by atoms with Gasteiger partial charge in [-0.25, -0.2) is 4.39 Å². The van der Waals surface area contributed by atoms with Gasteiger partial charge in [0.05, 0.1) is 18.0 Å². The minimum Gasteiger partial charge on any atom is -0.295 e. The van der Waals surface area contributed by atoms with Crippen molar-refractivity contribution in [3.05, 3.63) is 65.2 Å². The summed E-state index contributed by atoms with van der Waals surface area (Å²) < 4.78 is 12.8. The lowest BCUT2D eigenvalue weighted by Crippen LogP contribution is -2.13. The lowest BCUT2D eigenvalue weighted by Gasteiger charge is -2.08. The quantitative estimate of drug-likeness (QED) is 0.808. The molecule has 2 rings (SSSR count). The Kier molecular flexibility index (Phi) is 4.19. The van der Waals surface area contributed by atoms with Crippen LogP contribution in [0.3, 0.4) is 0 Å². The monoisotopic (exact) mass is 282 g/mol. The molecule has 0 saturated carbocycles. The van der Waals surface area contributed by atoms with Crippen LogP contribution in [0.2, 0.25) is 0 Å². The Morgan fingerprint density at radius 1 is 1.14 bits per heavy atom. The topological polar surface area (TPSA) is 70.8 Å². The summed E-state index contributed by atoms with van der Waals surface area (Å²) in [6.07, 6.45) is 0.964. The Hall–Kier alpha value is -2.87. The van der Waals surface area contributed by atoms with Gasteiger partial charge in [0.1, 0.15) is 5.82 Å². The number of nitriles is 1. The van der Waals surface area contributed by atoms with Gasteiger partial charge in [-0.05, 0) is 19.1 Å². The van der Waals surface area contributed by atoms with Crippen LogP contribution >= 0.6 is 0 Å². The molecule has 1 aromatic heterocycles. The van der Waals surface area contributed by atoms with E-state index in [2.05, 4.69) is 4.98 Å². The number of carbonyl (C=O) groups excluding carboxylic acids is 2. The van der Waals surface area contributed by atoms with Gasteiger partial charge in [0.25, 0.3) is 0 Å². The molecule has 1 heterocycles. The van der Waals surface area contributed by atoms with Crippen molar-refractivity contribution in [1.82, 2.24) is 4.98 Å². The van der Waals surface area contributed by atoms with Crippen LogP contribution in [0.4, 0.5) is 4.39 Å². The van der Waals surface area contributed by atoms with Gasteiger partial charge < -0.3 is 0 Å². The number of hydrogen-bond donors (Lipinski definition) is 0. The molecule has 2 aromatic rings. The second-order valence-electron chi connectivity index (χ2n) is 4.46. The third kappa shape index (κ3) is 3.18. The zero-order valence-electron chi connectivity index (χ0n) is 11.2. The van der Waals surface area contributed by atoms with Crippen LogP contribution in [0.5, 0.6) is 0 Å². The number of nitrogens with zero attached hydrogens (tertiary/aromatic N) is 2. The summed E-state index contributed by atoms with van der Waals surface area (Å²) in [5.74, 6) is -2.18. The van der Waals surface area contributed by atoms with Gasteiger partial charge in [0, 0.05) is 11.1 Å². The van der Waals surface area contributed by atoms with Crippen LogP contribution in [0.15, 0.2) is 42.6 Å². The van der Waals surface area contributed by atoms with Crippen LogP contribution in [-0.2, 0) is 0 Å². The van der Waals surface area contributed by atoms with Crippen molar-refractivity contribution in [3.63, 3.8) is 0 Å². The molecule has 0 amide bonds. The summed E-state index contributed by atoms with van der Waals surface area (Å²) in [4.78, 5) is 27.3. The standard InChI is InChI=1S/C16H11FN2O2/c1-10(20)11-2-4-12(5-3-11)16(21)14(8-18)15-7-6-13(17)9-19-15/h2-7,9,14H,1H3. The molecule has 0 spiro atoms. The van der Waals surface area contributed by atoms with Crippen molar-refractivity contribution in [3.8, 4) is 6.07 Å². The number of hydrogen-bond acceptors (Lipinski definition) is 4. The minimum atomic E-state index is -1.10. The van der Waals surface area contributed by atoms with Crippen LogP contribution in [0, 0.1) is 17.1 Å². The smallest absolute Gasteiger partial charge is 0.186 e. The Balaban J connectivity index is 2.30. The molecule has 1 unspecified atom stereocenters. The molecule has 1 atom stereocenters. The number of rotatable bonds is 4. The zero-order chi connectivity index (χ0) is 15.4. The molecule has 0 N–H and O–H groups in total. The minimum absolute atomic E-state index is 0.106. The summed E-state index contributed by atoms with van der Waals surface area (Å²) in [6, 6.07) is 10.4. The van der Waals surface area contributed by atoms with Crippen LogP contribution in [-0.4, -0.2) is 16.6 Å². The van der Waals surface area contributed by atoms with Crippen LogP contribution in [0.25, 0.3) is 0 Å².